The summed E-state index contributed by atoms with van der Waals surface area (Å²) in [6, 6.07) is 5.15. The Labute approximate surface area is 120 Å². The Hall–Kier alpha value is -1.72. The number of hydrogen-bond acceptors (Lipinski definition) is 5. The maximum absolute atomic E-state index is 12.5. The van der Waals surface area contributed by atoms with Crippen LogP contribution in [0.5, 0.6) is 0 Å². The van der Waals surface area contributed by atoms with Crippen molar-refractivity contribution in [3.8, 4) is 0 Å². The van der Waals surface area contributed by atoms with Gasteiger partial charge in [-0.15, -0.1) is 11.3 Å². The van der Waals surface area contributed by atoms with E-state index in [2.05, 4.69) is 9.97 Å². The first-order valence-electron chi connectivity index (χ1n) is 5.52. The van der Waals surface area contributed by atoms with E-state index in [1.165, 1.54) is 17.7 Å². The minimum absolute atomic E-state index is 0.0932. The first kappa shape index (κ1) is 13.7. The smallest absolute Gasteiger partial charge is 0.206 e. The molecule has 2 aromatic rings. The molecule has 0 unspecified atom stereocenters. The van der Waals surface area contributed by atoms with Crippen LogP contribution in [0.15, 0.2) is 36.9 Å². The largest absolute Gasteiger partial charge is 0.383 e. The van der Waals surface area contributed by atoms with Gasteiger partial charge in [-0.3, -0.25) is 4.79 Å². The molecule has 0 N–H and O–H groups in total. The van der Waals surface area contributed by atoms with Crippen LogP contribution < -0.4 is 0 Å². The molecule has 0 aliphatic rings. The molecular formula is C13H12ClN3OS. The van der Waals surface area contributed by atoms with E-state index in [1.54, 1.807) is 30.6 Å². The normalized spacial score (nSPS) is 11.4. The van der Waals surface area contributed by atoms with Crippen LogP contribution in [0, 0.1) is 0 Å². The van der Waals surface area contributed by atoms with E-state index in [1.807, 2.05) is 19.0 Å². The van der Waals surface area contributed by atoms with Gasteiger partial charge in [-0.05, 0) is 18.2 Å². The van der Waals surface area contributed by atoms with Gasteiger partial charge in [-0.1, -0.05) is 11.6 Å². The van der Waals surface area contributed by atoms with E-state index >= 15 is 0 Å². The standard InChI is InChI=1S/C13H12ClN3OS/c1-17(2)7-9(10-5-6-15-8-16-10)13(18)11-3-4-12(14)19-11/h3-8H,1-2H3. The van der Waals surface area contributed by atoms with Gasteiger partial charge in [0.15, 0.2) is 0 Å². The van der Waals surface area contributed by atoms with E-state index in [9.17, 15) is 4.79 Å². The Bertz CT molecular complexity index is 607. The van der Waals surface area contributed by atoms with E-state index in [0.717, 1.165) is 0 Å². The molecule has 0 fully saturated rings. The Kier molecular flexibility index (Phi) is 4.29. The SMILES string of the molecule is CN(C)C=C(C(=O)c1ccc(Cl)s1)c1ccncn1. The van der Waals surface area contributed by atoms with E-state index in [0.29, 0.717) is 20.5 Å². The van der Waals surface area contributed by atoms with Crippen molar-refractivity contribution in [3.05, 3.63) is 51.8 Å². The van der Waals surface area contributed by atoms with Gasteiger partial charge in [-0.25, -0.2) is 9.97 Å². The predicted octanol–water partition coefficient (Wildman–Crippen LogP) is 2.98. The minimum Gasteiger partial charge on any atom is -0.383 e. The van der Waals surface area contributed by atoms with Crippen molar-refractivity contribution in [1.29, 1.82) is 0 Å². The summed E-state index contributed by atoms with van der Waals surface area (Å²) in [5.74, 6) is -0.0932. The summed E-state index contributed by atoms with van der Waals surface area (Å²) >= 11 is 7.13. The summed E-state index contributed by atoms with van der Waals surface area (Å²) in [6.45, 7) is 0. The van der Waals surface area contributed by atoms with Gasteiger partial charge in [0.25, 0.3) is 0 Å². The molecule has 0 spiro atoms. The van der Waals surface area contributed by atoms with E-state index in [-0.39, 0.29) is 5.78 Å². The number of thiophene rings is 1. The lowest BCUT2D eigenvalue weighted by Gasteiger charge is -2.10. The molecule has 2 heterocycles. The lowest BCUT2D eigenvalue weighted by molar-refractivity contribution is 0.105. The number of Topliss-reactive ketones (excluding diaryl/α,β-unsaturated/α-hetero) is 1. The molecule has 4 nitrogen and oxygen atoms in total. The first-order valence-corrected chi connectivity index (χ1v) is 6.72. The Morgan fingerprint density at radius 3 is 2.68 bits per heavy atom. The van der Waals surface area contributed by atoms with Crippen molar-refractivity contribution in [2.45, 2.75) is 0 Å². The third kappa shape index (κ3) is 3.39. The maximum Gasteiger partial charge on any atom is 0.206 e. The van der Waals surface area contributed by atoms with Crippen LogP contribution >= 0.6 is 22.9 Å². The Balaban J connectivity index is 2.42. The zero-order valence-corrected chi connectivity index (χ0v) is 12.1. The summed E-state index contributed by atoms with van der Waals surface area (Å²) in [5, 5.41) is 0. The fourth-order valence-corrected chi connectivity index (χ4v) is 2.52. The Morgan fingerprint density at radius 1 is 1.37 bits per heavy atom. The number of carbonyl (C=O) groups excluding carboxylic acids is 1. The molecule has 98 valence electrons. The first-order chi connectivity index (χ1) is 9.08. The zero-order valence-electron chi connectivity index (χ0n) is 10.5. The van der Waals surface area contributed by atoms with Crippen molar-refractivity contribution in [2.75, 3.05) is 14.1 Å². The summed E-state index contributed by atoms with van der Waals surface area (Å²) < 4.78 is 0.593. The van der Waals surface area contributed by atoms with Crippen molar-refractivity contribution in [3.63, 3.8) is 0 Å². The molecule has 0 saturated carbocycles. The monoisotopic (exact) mass is 293 g/mol. The highest BCUT2D eigenvalue weighted by Gasteiger charge is 2.17. The molecule has 0 aliphatic heterocycles. The molecule has 19 heavy (non-hydrogen) atoms. The topological polar surface area (TPSA) is 46.1 Å². The second-order valence-corrected chi connectivity index (χ2v) is 5.75. The summed E-state index contributed by atoms with van der Waals surface area (Å²) in [6.07, 6.45) is 4.78. The number of carbonyl (C=O) groups is 1. The number of rotatable bonds is 4. The van der Waals surface area contributed by atoms with Crippen LogP contribution in [-0.2, 0) is 0 Å². The van der Waals surface area contributed by atoms with Crippen LogP contribution in [0.3, 0.4) is 0 Å². The average molecular weight is 294 g/mol. The highest BCUT2D eigenvalue weighted by molar-refractivity contribution is 7.18. The van der Waals surface area contributed by atoms with Crippen LogP contribution in [0.2, 0.25) is 4.34 Å². The molecule has 0 aliphatic carbocycles. The lowest BCUT2D eigenvalue weighted by atomic mass is 10.1. The van der Waals surface area contributed by atoms with Gasteiger partial charge in [0, 0.05) is 26.5 Å². The number of aromatic nitrogens is 2. The number of hydrogen-bond donors (Lipinski definition) is 0. The quantitative estimate of drug-likeness (QED) is 0.642. The molecule has 2 rings (SSSR count). The lowest BCUT2D eigenvalue weighted by Crippen LogP contribution is -2.09. The molecule has 0 radical (unpaired) electrons. The predicted molar refractivity (Wildman–Crippen MR) is 77.4 cm³/mol. The average Bonchev–Trinajstić information content (AvgIpc) is 2.83. The van der Waals surface area contributed by atoms with Gasteiger partial charge in [0.05, 0.1) is 20.5 Å². The number of nitrogens with zero attached hydrogens (tertiary/aromatic N) is 3. The second kappa shape index (κ2) is 5.95. The molecule has 2 aromatic heterocycles. The van der Waals surface area contributed by atoms with Crippen LogP contribution in [0.25, 0.3) is 5.57 Å². The number of halogens is 1. The van der Waals surface area contributed by atoms with E-state index < -0.39 is 0 Å². The van der Waals surface area contributed by atoms with Crippen molar-refractivity contribution in [2.24, 2.45) is 0 Å². The third-order valence-corrected chi connectivity index (χ3v) is 3.52. The van der Waals surface area contributed by atoms with Crippen molar-refractivity contribution in [1.82, 2.24) is 14.9 Å². The van der Waals surface area contributed by atoms with Gasteiger partial charge in [0.1, 0.15) is 6.33 Å². The van der Waals surface area contributed by atoms with Crippen molar-refractivity contribution < 1.29 is 4.79 Å². The maximum atomic E-state index is 12.5. The van der Waals surface area contributed by atoms with Crippen LogP contribution in [0.1, 0.15) is 15.4 Å². The number of ketones is 1. The minimum atomic E-state index is -0.0932. The molecule has 0 aromatic carbocycles. The van der Waals surface area contributed by atoms with E-state index in [4.69, 9.17) is 11.6 Å². The molecule has 0 atom stereocenters. The molecule has 0 saturated heterocycles. The third-order valence-electron chi connectivity index (χ3n) is 2.29. The highest BCUT2D eigenvalue weighted by atomic mass is 35.5. The fourth-order valence-electron chi connectivity index (χ4n) is 1.52. The highest BCUT2D eigenvalue weighted by Crippen LogP contribution is 2.26. The number of allylic oxidation sites excluding steroid dienone is 1. The van der Waals surface area contributed by atoms with Gasteiger partial charge >= 0.3 is 0 Å². The van der Waals surface area contributed by atoms with Crippen LogP contribution in [0.4, 0.5) is 0 Å². The van der Waals surface area contributed by atoms with Gasteiger partial charge < -0.3 is 4.90 Å². The van der Waals surface area contributed by atoms with Crippen molar-refractivity contribution >= 4 is 34.3 Å². The second-order valence-electron chi connectivity index (χ2n) is 4.03. The van der Waals surface area contributed by atoms with Crippen LogP contribution in [-0.4, -0.2) is 34.7 Å². The Morgan fingerprint density at radius 2 is 2.16 bits per heavy atom. The van der Waals surface area contributed by atoms with Gasteiger partial charge in [0.2, 0.25) is 5.78 Å². The zero-order chi connectivity index (χ0) is 13.8. The fraction of sp³-hybridized carbons (Fsp3) is 0.154. The molecule has 0 bridgehead atoms. The summed E-state index contributed by atoms with van der Waals surface area (Å²) in [4.78, 5) is 22.9. The molecular weight excluding hydrogens is 282 g/mol. The molecule has 0 amide bonds. The van der Waals surface area contributed by atoms with Gasteiger partial charge in [-0.2, -0.15) is 0 Å². The molecule has 6 heteroatoms. The summed E-state index contributed by atoms with van der Waals surface area (Å²) in [7, 11) is 3.71. The summed E-state index contributed by atoms with van der Waals surface area (Å²) in [5.41, 5.74) is 1.11.